The first kappa shape index (κ1) is 24.5. The second-order valence-corrected chi connectivity index (χ2v) is 13.0. The summed E-state index contributed by atoms with van der Waals surface area (Å²) in [5.74, 6) is 0.258. The summed E-state index contributed by atoms with van der Waals surface area (Å²) in [7, 11) is -3.87. The lowest BCUT2D eigenvalue weighted by molar-refractivity contribution is 0.0982. The van der Waals surface area contributed by atoms with Gasteiger partial charge in [0.25, 0.3) is 5.91 Å². The van der Waals surface area contributed by atoms with Gasteiger partial charge in [-0.25, -0.2) is 22.0 Å². The minimum absolute atomic E-state index is 0.0844. The molecule has 0 radical (unpaired) electrons. The summed E-state index contributed by atoms with van der Waals surface area (Å²) in [5.41, 5.74) is 2.32. The van der Waals surface area contributed by atoms with E-state index >= 15 is 0 Å². The van der Waals surface area contributed by atoms with Crippen LogP contribution in [0.2, 0.25) is 0 Å². The summed E-state index contributed by atoms with van der Waals surface area (Å²) in [4.78, 5) is 15.1. The number of carbonyl (C=O) groups excluding carboxylic acids is 1. The fourth-order valence-corrected chi connectivity index (χ4v) is 5.12. The third kappa shape index (κ3) is 4.78. The first-order valence-corrected chi connectivity index (χ1v) is 13.7. The van der Waals surface area contributed by atoms with Crippen LogP contribution in [0.25, 0.3) is 5.52 Å². The van der Waals surface area contributed by atoms with Gasteiger partial charge in [0.05, 0.1) is 34.7 Å². The van der Waals surface area contributed by atoms with Gasteiger partial charge >= 0.3 is 0 Å². The zero-order chi connectivity index (χ0) is 25.7. The van der Waals surface area contributed by atoms with Crippen LogP contribution in [0.4, 0.5) is 10.1 Å². The van der Waals surface area contributed by atoms with Crippen molar-refractivity contribution in [3.05, 3.63) is 59.7 Å². The smallest absolute Gasteiger partial charge is 0.268 e. The van der Waals surface area contributed by atoms with Crippen molar-refractivity contribution in [2.75, 3.05) is 18.1 Å². The molecule has 0 spiro atoms. The zero-order valence-electron chi connectivity index (χ0n) is 20.7. The van der Waals surface area contributed by atoms with Gasteiger partial charge in [-0.15, -0.1) is 0 Å². The predicted octanol–water partition coefficient (Wildman–Crippen LogP) is 4.46. The number of fused-ring (bicyclic) bond motifs is 1. The molecule has 2 aromatic heterocycles. The topological polar surface area (TPSA) is 93.0 Å². The van der Waals surface area contributed by atoms with E-state index in [0.717, 1.165) is 30.6 Å². The number of amides is 1. The number of nitrogens with one attached hydrogen (secondary N) is 1. The second kappa shape index (κ2) is 9.06. The highest BCUT2D eigenvalue weighted by Gasteiger charge is 2.33. The molecule has 0 bridgehead atoms. The van der Waals surface area contributed by atoms with Crippen LogP contribution in [0, 0.1) is 11.7 Å². The van der Waals surface area contributed by atoms with Crippen LogP contribution in [-0.4, -0.2) is 41.8 Å². The molecule has 1 saturated heterocycles. The van der Waals surface area contributed by atoms with Gasteiger partial charge < -0.3 is 9.64 Å². The Labute approximate surface area is 210 Å². The number of anilines is 1. The number of aromatic nitrogens is 2. The number of carbonyl (C=O) groups is 1. The summed E-state index contributed by atoms with van der Waals surface area (Å²) < 4.78 is 48.0. The number of pyridine rings is 1. The maximum absolute atomic E-state index is 14.3. The minimum atomic E-state index is -3.87. The van der Waals surface area contributed by atoms with Gasteiger partial charge in [0.15, 0.2) is 0 Å². The van der Waals surface area contributed by atoms with Gasteiger partial charge in [0.1, 0.15) is 11.6 Å². The normalized spacial score (nSPS) is 18.6. The Morgan fingerprint density at radius 3 is 2.69 bits per heavy atom. The number of hydrogen-bond donors (Lipinski definition) is 1. The second-order valence-electron chi connectivity index (χ2n) is 10.6. The molecular formula is C26H31FN4O4S. The number of benzene rings is 1. The molecule has 1 saturated carbocycles. The number of nitrogens with zero attached hydrogens (tertiary/aromatic N) is 3. The Morgan fingerprint density at radius 2 is 1.97 bits per heavy atom. The molecule has 1 aromatic carbocycles. The Hall–Kier alpha value is -3.14. The highest BCUT2D eigenvalue weighted by Crippen LogP contribution is 2.41. The molecule has 1 aliphatic carbocycles. The van der Waals surface area contributed by atoms with Crippen molar-refractivity contribution in [3.8, 4) is 5.75 Å². The molecule has 1 amide bonds. The highest BCUT2D eigenvalue weighted by molar-refractivity contribution is 7.91. The van der Waals surface area contributed by atoms with Crippen LogP contribution >= 0.6 is 0 Å². The molecule has 2 fully saturated rings. The summed E-state index contributed by atoms with van der Waals surface area (Å²) in [6.07, 6.45) is 7.21. The van der Waals surface area contributed by atoms with E-state index in [-0.39, 0.29) is 17.4 Å². The van der Waals surface area contributed by atoms with E-state index in [1.807, 2.05) is 12.1 Å². The fourth-order valence-electron chi connectivity index (χ4n) is 4.46. The van der Waals surface area contributed by atoms with Crippen LogP contribution in [0.3, 0.4) is 0 Å². The van der Waals surface area contributed by atoms with Crippen molar-refractivity contribution in [2.45, 2.75) is 57.2 Å². The van der Waals surface area contributed by atoms with Gasteiger partial charge in [-0.3, -0.25) is 4.79 Å². The van der Waals surface area contributed by atoms with Gasteiger partial charge in [0.2, 0.25) is 10.0 Å². The molecule has 192 valence electrons. The van der Waals surface area contributed by atoms with E-state index in [0.29, 0.717) is 23.8 Å². The Kier molecular flexibility index (Phi) is 6.18. The van der Waals surface area contributed by atoms with Crippen molar-refractivity contribution in [3.63, 3.8) is 0 Å². The Morgan fingerprint density at radius 1 is 1.19 bits per heavy atom. The molecule has 0 unspecified atom stereocenters. The average molecular weight is 515 g/mol. The lowest BCUT2D eigenvalue weighted by Crippen LogP contribution is -2.42. The maximum Gasteiger partial charge on any atom is 0.268 e. The minimum Gasteiger partial charge on any atom is -0.493 e. The van der Waals surface area contributed by atoms with Crippen LogP contribution in [0.5, 0.6) is 5.75 Å². The standard InChI is InChI=1S/C26H31FN4O4S/c1-26(2,3)36(33,34)29-25(32)21-15-28-31-12-10-19(14-23(21)31)30-11-4-5-22(30)20-13-18(27)8-9-24(20)35-16-17-6-7-17/h8-10,12-15,17,22H,4-7,11,16H2,1-3H3,(H,29,32)/t22-/m1/s1. The molecule has 3 aromatic rings. The van der Waals surface area contributed by atoms with E-state index in [2.05, 4.69) is 14.7 Å². The predicted molar refractivity (Wildman–Crippen MR) is 135 cm³/mol. The number of hydrogen-bond acceptors (Lipinski definition) is 6. The average Bonchev–Trinajstić information content (AvgIpc) is 3.34. The molecule has 1 aliphatic heterocycles. The third-order valence-corrected chi connectivity index (χ3v) is 8.94. The lowest BCUT2D eigenvalue weighted by Gasteiger charge is -2.29. The third-order valence-electron chi connectivity index (χ3n) is 6.87. The van der Waals surface area contributed by atoms with Gasteiger partial charge in [0, 0.05) is 24.0 Å². The molecule has 2 aliphatic rings. The quantitative estimate of drug-likeness (QED) is 0.500. The van der Waals surface area contributed by atoms with E-state index in [1.54, 1.807) is 22.8 Å². The van der Waals surface area contributed by atoms with E-state index in [4.69, 9.17) is 4.74 Å². The first-order chi connectivity index (χ1) is 17.0. The Bertz CT molecular complexity index is 1410. The van der Waals surface area contributed by atoms with Crippen molar-refractivity contribution in [2.24, 2.45) is 5.92 Å². The number of halogens is 1. The monoisotopic (exact) mass is 514 g/mol. The van der Waals surface area contributed by atoms with Crippen LogP contribution < -0.4 is 14.4 Å². The van der Waals surface area contributed by atoms with Crippen molar-refractivity contribution < 1.29 is 22.3 Å². The summed E-state index contributed by atoms with van der Waals surface area (Å²) in [6, 6.07) is 8.34. The number of ether oxygens (including phenoxy) is 1. The molecule has 1 N–H and O–H groups in total. The van der Waals surface area contributed by atoms with Crippen LogP contribution in [0.15, 0.2) is 42.7 Å². The number of rotatable bonds is 7. The molecule has 10 heteroatoms. The van der Waals surface area contributed by atoms with Crippen LogP contribution in [-0.2, 0) is 10.0 Å². The molecule has 3 heterocycles. The van der Waals surface area contributed by atoms with Gasteiger partial charge in [-0.1, -0.05) is 0 Å². The highest BCUT2D eigenvalue weighted by atomic mass is 32.2. The number of sulfonamides is 1. The largest absolute Gasteiger partial charge is 0.493 e. The summed E-state index contributed by atoms with van der Waals surface area (Å²) in [5, 5.41) is 4.22. The molecule has 1 atom stereocenters. The summed E-state index contributed by atoms with van der Waals surface area (Å²) in [6.45, 7) is 5.98. The van der Waals surface area contributed by atoms with E-state index in [1.165, 1.54) is 45.9 Å². The van der Waals surface area contributed by atoms with Gasteiger partial charge in [-0.05, 0) is 82.7 Å². The van der Waals surface area contributed by atoms with E-state index in [9.17, 15) is 17.6 Å². The van der Waals surface area contributed by atoms with Crippen molar-refractivity contribution >= 4 is 27.1 Å². The lowest BCUT2D eigenvalue weighted by atomic mass is 10.0. The zero-order valence-corrected chi connectivity index (χ0v) is 21.5. The van der Waals surface area contributed by atoms with E-state index < -0.39 is 20.7 Å². The summed E-state index contributed by atoms with van der Waals surface area (Å²) >= 11 is 0. The Balaban J connectivity index is 1.46. The molecule has 5 rings (SSSR count). The van der Waals surface area contributed by atoms with Crippen molar-refractivity contribution in [1.82, 2.24) is 14.3 Å². The first-order valence-electron chi connectivity index (χ1n) is 12.3. The van der Waals surface area contributed by atoms with Crippen molar-refractivity contribution in [1.29, 1.82) is 0 Å². The molecule has 36 heavy (non-hydrogen) atoms. The molecular weight excluding hydrogens is 483 g/mol. The SMILES string of the molecule is CC(C)(C)S(=O)(=O)NC(=O)c1cnn2ccc(N3CCC[C@@H]3c3cc(F)ccc3OCC3CC3)cc12. The fraction of sp³-hybridized carbons (Fsp3) is 0.462. The maximum atomic E-state index is 14.3. The van der Waals surface area contributed by atoms with Crippen LogP contribution in [0.1, 0.15) is 68.4 Å². The van der Waals surface area contributed by atoms with Gasteiger partial charge in [-0.2, -0.15) is 5.10 Å². The molecule has 8 nitrogen and oxygen atoms in total.